The van der Waals surface area contributed by atoms with Crippen LogP contribution in [0.1, 0.15) is 11.1 Å². The normalized spacial score (nSPS) is 13.1. The van der Waals surface area contributed by atoms with Crippen LogP contribution in [-0.4, -0.2) is 15.2 Å². The molecule has 0 N–H and O–H groups in total. The number of rotatable bonds is 5. The second kappa shape index (κ2) is 8.29. The zero-order valence-electron chi connectivity index (χ0n) is 13.7. The predicted octanol–water partition coefficient (Wildman–Crippen LogP) is -0.223. The third-order valence-electron chi connectivity index (χ3n) is 3.96. The van der Waals surface area contributed by atoms with Crippen LogP contribution in [0.5, 0.6) is 0 Å². The van der Waals surface area contributed by atoms with E-state index in [4.69, 9.17) is 4.74 Å². The summed E-state index contributed by atoms with van der Waals surface area (Å²) in [6.07, 6.45) is 1.73. The van der Waals surface area contributed by atoms with E-state index in [1.807, 2.05) is 24.3 Å². The van der Waals surface area contributed by atoms with Gasteiger partial charge < -0.3 is 9.84 Å². The molecule has 0 saturated heterocycles. The van der Waals surface area contributed by atoms with Crippen molar-refractivity contribution in [2.45, 2.75) is 18.6 Å². The Morgan fingerprint density at radius 2 is 1.50 bits per heavy atom. The summed E-state index contributed by atoms with van der Waals surface area (Å²) in [5.41, 5.74) is 1.26. The molecule has 2 rings (SSSR count). The number of ether oxygens (including phenoxy) is 1. The fourth-order valence-electron chi connectivity index (χ4n) is 2.63. The van der Waals surface area contributed by atoms with Gasteiger partial charge in [-0.1, -0.05) is 85.0 Å². The molecule has 2 aromatic carbocycles. The van der Waals surface area contributed by atoms with Gasteiger partial charge in [-0.3, -0.25) is 0 Å². The van der Waals surface area contributed by atoms with Crippen molar-refractivity contribution in [1.82, 2.24) is 0 Å². The molecule has 1 atom stereocenters. The zero-order chi connectivity index (χ0) is 15.3. The van der Waals surface area contributed by atoms with Gasteiger partial charge in [-0.15, -0.1) is 0 Å². The molecule has 2 nitrogen and oxygen atoms in total. The van der Waals surface area contributed by atoms with Gasteiger partial charge in [0.1, 0.15) is 0 Å². The van der Waals surface area contributed by atoms with E-state index in [-0.39, 0.29) is 30.3 Å². The second-order valence-corrected chi connectivity index (χ2v) is 10.3. The van der Waals surface area contributed by atoms with Crippen molar-refractivity contribution < 1.29 is 28.7 Å². The molecule has 0 aliphatic heterocycles. The minimum atomic E-state index is -1.89. The van der Waals surface area contributed by atoms with Gasteiger partial charge in [0.2, 0.25) is 0 Å². The summed E-state index contributed by atoms with van der Waals surface area (Å²) in [6.45, 7) is 4.58. The van der Waals surface area contributed by atoms with Crippen molar-refractivity contribution in [3.63, 3.8) is 0 Å². The summed E-state index contributed by atoms with van der Waals surface area (Å²) < 4.78 is 4.86. The first-order chi connectivity index (χ1) is 10.1. The molecule has 0 heterocycles. The number of hydrogen-bond acceptors (Lipinski definition) is 2. The number of benzene rings is 2. The van der Waals surface area contributed by atoms with Crippen LogP contribution in [0.3, 0.4) is 0 Å². The third-order valence-corrected chi connectivity index (χ3v) is 7.83. The second-order valence-electron chi connectivity index (χ2n) is 5.67. The molecule has 0 spiro atoms. The van der Waals surface area contributed by atoms with E-state index in [0.717, 1.165) is 0 Å². The van der Waals surface area contributed by atoms with Crippen molar-refractivity contribution in [2.75, 3.05) is 7.11 Å². The quantitative estimate of drug-likeness (QED) is 0.565. The summed E-state index contributed by atoms with van der Waals surface area (Å²) in [4.78, 5) is 0. The molecule has 0 amide bonds. The Morgan fingerprint density at radius 1 is 1.00 bits per heavy atom. The van der Waals surface area contributed by atoms with Gasteiger partial charge in [-0.2, -0.15) is 0 Å². The molecule has 22 heavy (non-hydrogen) atoms. The number of hydrogen-bond donors (Lipinski definition) is 0. The topological polar surface area (TPSA) is 32.3 Å². The average Bonchev–Trinajstić information content (AvgIpc) is 2.53. The van der Waals surface area contributed by atoms with Gasteiger partial charge in [0.05, 0.1) is 8.07 Å². The van der Waals surface area contributed by atoms with Crippen LogP contribution in [0.15, 0.2) is 72.7 Å². The van der Waals surface area contributed by atoms with Crippen LogP contribution in [0.2, 0.25) is 13.1 Å². The fraction of sp³-hybridized carbons (Fsp3) is 0.222. The van der Waals surface area contributed by atoms with Crippen LogP contribution < -0.4 is 29.2 Å². The molecule has 0 saturated carbocycles. The summed E-state index contributed by atoms with van der Waals surface area (Å²) >= 11 is 0. The maximum absolute atomic E-state index is 11.8. The third kappa shape index (κ3) is 4.30. The van der Waals surface area contributed by atoms with Gasteiger partial charge in [-0.25, -0.2) is 0 Å². The molecule has 2 aromatic rings. The molecular formula is C18H21LiO2Si. The molecular weight excluding hydrogens is 283 g/mol. The van der Waals surface area contributed by atoms with E-state index in [9.17, 15) is 5.11 Å². The van der Waals surface area contributed by atoms with Crippen LogP contribution >= 0.6 is 0 Å². The Balaban J connectivity index is 0.00000242. The maximum Gasteiger partial charge on any atom is 1.00 e. The van der Waals surface area contributed by atoms with Crippen LogP contribution in [0, 0.1) is 0 Å². The fourth-order valence-corrected chi connectivity index (χ4v) is 5.62. The van der Waals surface area contributed by atoms with Crippen LogP contribution in [0.25, 0.3) is 0 Å². The molecule has 0 fully saturated rings. The molecule has 4 heteroatoms. The van der Waals surface area contributed by atoms with E-state index in [1.54, 1.807) is 6.08 Å². The van der Waals surface area contributed by atoms with Crippen molar-refractivity contribution in [3.8, 4) is 0 Å². The van der Waals surface area contributed by atoms with Gasteiger partial charge >= 0.3 is 18.9 Å². The van der Waals surface area contributed by atoms with Gasteiger partial charge in [0.15, 0.2) is 0 Å². The summed E-state index contributed by atoms with van der Waals surface area (Å²) in [5, 5.41) is 13.2. The van der Waals surface area contributed by atoms with Crippen molar-refractivity contribution in [2.24, 2.45) is 0 Å². The van der Waals surface area contributed by atoms with Crippen molar-refractivity contribution in [3.05, 3.63) is 78.2 Å². The SMILES string of the molecule is CO/C([O-])=C/C(c1ccccc1)[Si](C)(C)c1ccccc1.[Li+]. The molecule has 0 aliphatic rings. The van der Waals surface area contributed by atoms with Crippen LogP contribution in [-0.2, 0) is 4.74 Å². The smallest absolute Gasteiger partial charge is 0.617 e. The number of methoxy groups -OCH3 is 1. The average molecular weight is 304 g/mol. The van der Waals surface area contributed by atoms with Gasteiger partial charge in [0, 0.05) is 11.5 Å². The largest absolute Gasteiger partial charge is 1.00 e. The molecule has 0 bridgehead atoms. The number of allylic oxidation sites excluding steroid dienone is 1. The minimum Gasteiger partial charge on any atom is -0.617 e. The van der Waals surface area contributed by atoms with Crippen molar-refractivity contribution in [1.29, 1.82) is 0 Å². The minimum absolute atomic E-state index is 0. The maximum atomic E-state index is 11.8. The van der Waals surface area contributed by atoms with Crippen molar-refractivity contribution >= 4 is 13.3 Å². The Morgan fingerprint density at radius 3 is 2.00 bits per heavy atom. The molecule has 0 aliphatic carbocycles. The van der Waals surface area contributed by atoms with E-state index < -0.39 is 8.07 Å². The Kier molecular flexibility index (Phi) is 7.02. The van der Waals surface area contributed by atoms with Gasteiger partial charge in [-0.05, 0) is 12.7 Å². The van der Waals surface area contributed by atoms with E-state index >= 15 is 0 Å². The zero-order valence-corrected chi connectivity index (χ0v) is 14.7. The van der Waals surface area contributed by atoms with Gasteiger partial charge in [0.25, 0.3) is 0 Å². The molecule has 0 aromatic heterocycles. The molecule has 0 radical (unpaired) electrons. The first-order valence-electron chi connectivity index (χ1n) is 7.09. The predicted molar refractivity (Wildman–Crippen MR) is 87.8 cm³/mol. The van der Waals surface area contributed by atoms with Crippen LogP contribution in [0.4, 0.5) is 0 Å². The first-order valence-corrected chi connectivity index (χ1v) is 10.2. The summed E-state index contributed by atoms with van der Waals surface area (Å²) in [5.74, 6) is -0.264. The van der Waals surface area contributed by atoms with E-state index in [0.29, 0.717) is 0 Å². The monoisotopic (exact) mass is 304 g/mol. The molecule has 1 unspecified atom stereocenters. The summed E-state index contributed by atoms with van der Waals surface area (Å²) in [7, 11) is -0.457. The molecule has 110 valence electrons. The Hall–Kier alpha value is -1.41. The Bertz CT molecular complexity index is 597. The first kappa shape index (κ1) is 18.6. The Labute approximate surface area is 146 Å². The summed E-state index contributed by atoms with van der Waals surface area (Å²) in [6, 6.07) is 20.7. The standard InChI is InChI=1S/C18H22O2Si.Li/c1-20-18(19)14-17(15-10-6-4-7-11-15)21(2,3)16-12-8-5-9-13-16;/h4-14,17,19H,1-3H3;/q;+1/p-1/b18-14+;. The van der Waals surface area contributed by atoms with E-state index in [1.165, 1.54) is 17.9 Å². The van der Waals surface area contributed by atoms with E-state index in [2.05, 4.69) is 49.5 Å².